The first kappa shape index (κ1) is 16.9. The van der Waals surface area contributed by atoms with Gasteiger partial charge in [-0.05, 0) is 37.1 Å². The highest BCUT2D eigenvalue weighted by Crippen LogP contribution is 2.25. The topological polar surface area (TPSA) is 92.3 Å². The summed E-state index contributed by atoms with van der Waals surface area (Å²) in [5.41, 5.74) is 1.52. The number of halogens is 1. The lowest BCUT2D eigenvalue weighted by atomic mass is 9.97. The summed E-state index contributed by atoms with van der Waals surface area (Å²) in [6.45, 7) is 0.488. The second-order valence-corrected chi connectivity index (χ2v) is 8.14. The van der Waals surface area contributed by atoms with Crippen molar-refractivity contribution in [2.75, 3.05) is 18.4 Å². The largest absolute Gasteiger partial charge is 0.300 e. The smallest absolute Gasteiger partial charge is 0.243 e. The Balaban J connectivity index is 1.62. The molecule has 0 aliphatic carbocycles. The zero-order chi connectivity index (χ0) is 17.2. The van der Waals surface area contributed by atoms with E-state index in [0.29, 0.717) is 18.0 Å². The highest BCUT2D eigenvalue weighted by atomic mass is 32.2. The third-order valence-corrected chi connectivity index (χ3v) is 6.39. The fourth-order valence-electron chi connectivity index (χ4n) is 2.55. The zero-order valence-electron chi connectivity index (χ0n) is 12.6. The van der Waals surface area contributed by atoms with Gasteiger partial charge in [0.25, 0.3) is 0 Å². The Kier molecular flexibility index (Phi) is 4.88. The van der Waals surface area contributed by atoms with E-state index in [2.05, 4.69) is 15.5 Å². The van der Waals surface area contributed by atoms with E-state index in [-0.39, 0.29) is 29.8 Å². The fraction of sp³-hybridized carbons (Fsp3) is 0.357. The predicted molar refractivity (Wildman–Crippen MR) is 86.4 cm³/mol. The van der Waals surface area contributed by atoms with Crippen LogP contribution in [0, 0.1) is 11.7 Å². The van der Waals surface area contributed by atoms with Crippen LogP contribution in [-0.4, -0.2) is 41.9 Å². The van der Waals surface area contributed by atoms with Crippen LogP contribution in [0.2, 0.25) is 0 Å². The van der Waals surface area contributed by atoms with Crippen molar-refractivity contribution in [3.8, 4) is 0 Å². The second-order valence-electron chi connectivity index (χ2n) is 5.37. The molecule has 1 aromatic carbocycles. The molecule has 1 amide bonds. The number of nitrogens with one attached hydrogen (secondary N) is 1. The number of sulfonamides is 1. The van der Waals surface area contributed by atoms with Crippen LogP contribution in [0.25, 0.3) is 0 Å². The molecule has 2 aromatic rings. The van der Waals surface area contributed by atoms with E-state index in [9.17, 15) is 17.6 Å². The molecule has 1 aromatic heterocycles. The van der Waals surface area contributed by atoms with Gasteiger partial charge < -0.3 is 5.32 Å². The first-order chi connectivity index (χ1) is 11.5. The SMILES string of the molecule is O=C(Nc1nncs1)C1CCN(S(=O)(=O)c2ccc(F)cc2)CC1. The lowest BCUT2D eigenvalue weighted by Crippen LogP contribution is -2.41. The van der Waals surface area contributed by atoms with Gasteiger partial charge in [-0.3, -0.25) is 4.79 Å². The van der Waals surface area contributed by atoms with E-state index < -0.39 is 15.8 Å². The molecule has 0 unspecified atom stereocenters. The third kappa shape index (κ3) is 3.60. The molecule has 0 spiro atoms. The van der Waals surface area contributed by atoms with Crippen LogP contribution in [0.3, 0.4) is 0 Å². The van der Waals surface area contributed by atoms with Gasteiger partial charge in [-0.25, -0.2) is 12.8 Å². The predicted octanol–water partition coefficient (Wildman–Crippen LogP) is 1.72. The summed E-state index contributed by atoms with van der Waals surface area (Å²) < 4.78 is 39.3. The van der Waals surface area contributed by atoms with Gasteiger partial charge >= 0.3 is 0 Å². The number of aromatic nitrogens is 2. The average molecular weight is 370 g/mol. The van der Waals surface area contributed by atoms with E-state index >= 15 is 0 Å². The Bertz CT molecular complexity index is 801. The number of hydrogen-bond donors (Lipinski definition) is 1. The average Bonchev–Trinajstić information content (AvgIpc) is 3.08. The lowest BCUT2D eigenvalue weighted by molar-refractivity contribution is -0.120. The molecule has 10 heteroatoms. The number of hydrogen-bond acceptors (Lipinski definition) is 6. The molecule has 1 fully saturated rings. The zero-order valence-corrected chi connectivity index (χ0v) is 14.2. The summed E-state index contributed by atoms with van der Waals surface area (Å²) in [5, 5.41) is 10.5. The maximum atomic E-state index is 13.0. The highest BCUT2D eigenvalue weighted by molar-refractivity contribution is 7.89. The molecule has 128 valence electrons. The normalized spacial score (nSPS) is 16.9. The van der Waals surface area contributed by atoms with E-state index in [1.165, 1.54) is 33.3 Å². The minimum Gasteiger partial charge on any atom is -0.300 e. The van der Waals surface area contributed by atoms with Crippen molar-refractivity contribution in [2.45, 2.75) is 17.7 Å². The van der Waals surface area contributed by atoms with Crippen LogP contribution >= 0.6 is 11.3 Å². The van der Waals surface area contributed by atoms with Gasteiger partial charge in [0.2, 0.25) is 21.1 Å². The Hall–Kier alpha value is -1.91. The van der Waals surface area contributed by atoms with E-state index in [0.717, 1.165) is 12.1 Å². The van der Waals surface area contributed by atoms with E-state index in [4.69, 9.17) is 0 Å². The number of carbonyl (C=O) groups excluding carboxylic acids is 1. The molecule has 1 N–H and O–H groups in total. The molecule has 2 heterocycles. The first-order valence-corrected chi connectivity index (χ1v) is 9.61. The highest BCUT2D eigenvalue weighted by Gasteiger charge is 2.32. The number of piperidine rings is 1. The molecule has 1 saturated heterocycles. The molecule has 24 heavy (non-hydrogen) atoms. The number of anilines is 1. The number of benzene rings is 1. The molecule has 3 rings (SSSR count). The van der Waals surface area contributed by atoms with Crippen molar-refractivity contribution in [3.63, 3.8) is 0 Å². The summed E-state index contributed by atoms with van der Waals surface area (Å²) in [5.74, 6) is -0.930. The standard InChI is InChI=1S/C14H15FN4O3S2/c15-11-1-3-12(4-2-11)24(21,22)19-7-5-10(6-8-19)13(20)17-14-18-16-9-23-14/h1-4,9-10H,5-8H2,(H,17,18,20). The minimum atomic E-state index is -3.66. The fourth-order valence-corrected chi connectivity index (χ4v) is 4.47. The van der Waals surface area contributed by atoms with Crippen LogP contribution in [0.15, 0.2) is 34.7 Å². The molecular formula is C14H15FN4O3S2. The van der Waals surface area contributed by atoms with E-state index in [1.54, 1.807) is 0 Å². The molecule has 0 radical (unpaired) electrons. The van der Waals surface area contributed by atoms with Crippen molar-refractivity contribution in [1.82, 2.24) is 14.5 Å². The maximum absolute atomic E-state index is 13.0. The van der Waals surface area contributed by atoms with Crippen LogP contribution < -0.4 is 5.32 Å². The van der Waals surface area contributed by atoms with Gasteiger partial charge in [0, 0.05) is 19.0 Å². The lowest BCUT2D eigenvalue weighted by Gasteiger charge is -2.30. The summed E-state index contributed by atoms with van der Waals surface area (Å²) in [6, 6.07) is 4.74. The third-order valence-electron chi connectivity index (χ3n) is 3.87. The summed E-state index contributed by atoms with van der Waals surface area (Å²) in [6.07, 6.45) is 0.843. The Labute approximate surface area is 142 Å². The van der Waals surface area contributed by atoms with Crippen molar-refractivity contribution in [1.29, 1.82) is 0 Å². The molecule has 7 nitrogen and oxygen atoms in total. The number of nitrogens with zero attached hydrogens (tertiary/aromatic N) is 3. The Morgan fingerprint density at radius 2 is 1.92 bits per heavy atom. The van der Waals surface area contributed by atoms with Gasteiger partial charge in [0.1, 0.15) is 11.3 Å². The van der Waals surface area contributed by atoms with E-state index in [1.807, 2.05) is 0 Å². The number of carbonyl (C=O) groups is 1. The molecule has 0 saturated carbocycles. The van der Waals surface area contributed by atoms with Crippen molar-refractivity contribution in [3.05, 3.63) is 35.6 Å². The number of rotatable bonds is 4. The van der Waals surface area contributed by atoms with Gasteiger partial charge in [-0.1, -0.05) is 11.3 Å². The molecule has 0 atom stereocenters. The second kappa shape index (κ2) is 6.91. The molecule has 1 aliphatic heterocycles. The quantitative estimate of drug-likeness (QED) is 0.885. The van der Waals surface area contributed by atoms with Crippen LogP contribution in [0.1, 0.15) is 12.8 Å². The van der Waals surface area contributed by atoms with Crippen molar-refractivity contribution in [2.24, 2.45) is 5.92 Å². The maximum Gasteiger partial charge on any atom is 0.243 e. The van der Waals surface area contributed by atoms with Crippen LogP contribution in [0.4, 0.5) is 9.52 Å². The Morgan fingerprint density at radius 1 is 1.25 bits per heavy atom. The van der Waals surface area contributed by atoms with Crippen molar-refractivity contribution >= 4 is 32.4 Å². The van der Waals surface area contributed by atoms with Gasteiger partial charge in [0.15, 0.2) is 0 Å². The van der Waals surface area contributed by atoms with Crippen molar-refractivity contribution < 1.29 is 17.6 Å². The molecule has 0 bridgehead atoms. The Morgan fingerprint density at radius 3 is 2.50 bits per heavy atom. The molecule has 1 aliphatic rings. The number of amides is 1. The summed E-state index contributed by atoms with van der Waals surface area (Å²) in [7, 11) is -3.66. The summed E-state index contributed by atoms with van der Waals surface area (Å²) >= 11 is 1.23. The van der Waals surface area contributed by atoms with Gasteiger partial charge in [0.05, 0.1) is 4.90 Å². The monoisotopic (exact) mass is 370 g/mol. The van der Waals surface area contributed by atoms with Gasteiger partial charge in [-0.15, -0.1) is 10.2 Å². The van der Waals surface area contributed by atoms with Crippen LogP contribution in [-0.2, 0) is 14.8 Å². The molecular weight excluding hydrogens is 355 g/mol. The van der Waals surface area contributed by atoms with Crippen LogP contribution in [0.5, 0.6) is 0 Å². The first-order valence-electron chi connectivity index (χ1n) is 7.29. The minimum absolute atomic E-state index is 0.0562. The van der Waals surface area contributed by atoms with Gasteiger partial charge in [-0.2, -0.15) is 4.31 Å². The summed E-state index contributed by atoms with van der Waals surface area (Å²) in [4.78, 5) is 12.2.